The van der Waals surface area contributed by atoms with Gasteiger partial charge >= 0.3 is 6.18 Å². The average Bonchev–Trinajstić information content (AvgIpc) is 3.47. The molecule has 2 aliphatic rings. The zero-order valence-electron chi connectivity index (χ0n) is 24.5. The largest absolute Gasteiger partial charge is 0.493 e. The Bertz CT molecular complexity index is 1770. The molecule has 10 nitrogen and oxygen atoms in total. The molecule has 2 unspecified atom stereocenters. The number of anilines is 2. The molecule has 2 fully saturated rings. The van der Waals surface area contributed by atoms with Gasteiger partial charge in [0.2, 0.25) is 5.91 Å². The van der Waals surface area contributed by atoms with Crippen molar-refractivity contribution < 1.29 is 27.5 Å². The van der Waals surface area contributed by atoms with Gasteiger partial charge in [-0.2, -0.15) is 13.2 Å². The maximum absolute atomic E-state index is 13.1. The lowest BCUT2D eigenvalue weighted by Gasteiger charge is -2.39. The lowest BCUT2D eigenvalue weighted by molar-refractivity contribution is -0.137. The SMILES string of the molecule is CCOc1cc(C(=O)Nc2cc(C(F)(F)F)ccn2)ccc1-c1nc(C2CCC3N(C2)C(=O)CC3(C)C)n2ccnc(N)c12. The van der Waals surface area contributed by atoms with Gasteiger partial charge in [0.25, 0.3) is 5.91 Å². The molecule has 2 aliphatic heterocycles. The Morgan fingerprint density at radius 1 is 1.16 bits per heavy atom. The molecule has 0 radical (unpaired) electrons. The molecule has 3 N–H and O–H groups in total. The lowest BCUT2D eigenvalue weighted by Crippen LogP contribution is -2.44. The number of ether oxygens (including phenoxy) is 1. The third kappa shape index (κ3) is 5.20. The summed E-state index contributed by atoms with van der Waals surface area (Å²) in [5.41, 5.74) is 7.19. The van der Waals surface area contributed by atoms with Crippen LogP contribution in [-0.4, -0.2) is 55.3 Å². The lowest BCUT2D eigenvalue weighted by atomic mass is 9.79. The molecular formula is C31H32F3N7O3. The summed E-state index contributed by atoms with van der Waals surface area (Å²) in [4.78, 5) is 41.1. The number of rotatable bonds is 6. The van der Waals surface area contributed by atoms with Crippen molar-refractivity contribution in [1.29, 1.82) is 0 Å². The smallest absolute Gasteiger partial charge is 0.416 e. The molecule has 2 amide bonds. The van der Waals surface area contributed by atoms with Gasteiger partial charge in [-0.25, -0.2) is 15.0 Å². The van der Waals surface area contributed by atoms with Crippen LogP contribution in [0, 0.1) is 5.41 Å². The zero-order valence-corrected chi connectivity index (χ0v) is 24.5. The van der Waals surface area contributed by atoms with E-state index in [1.807, 2.05) is 9.30 Å². The Morgan fingerprint density at radius 3 is 2.70 bits per heavy atom. The van der Waals surface area contributed by atoms with Gasteiger partial charge in [-0.3, -0.25) is 14.0 Å². The second-order valence-electron chi connectivity index (χ2n) is 11.9. The molecule has 1 aromatic carbocycles. The van der Waals surface area contributed by atoms with Gasteiger partial charge < -0.3 is 20.7 Å². The number of benzene rings is 1. The molecule has 0 bridgehead atoms. The van der Waals surface area contributed by atoms with Crippen molar-refractivity contribution in [2.24, 2.45) is 5.41 Å². The van der Waals surface area contributed by atoms with Crippen molar-refractivity contribution in [2.75, 3.05) is 24.2 Å². The van der Waals surface area contributed by atoms with Crippen LogP contribution < -0.4 is 15.8 Å². The molecule has 6 rings (SSSR count). The maximum atomic E-state index is 13.1. The van der Waals surface area contributed by atoms with Crippen LogP contribution in [0.3, 0.4) is 0 Å². The number of fused-ring (bicyclic) bond motifs is 2. The summed E-state index contributed by atoms with van der Waals surface area (Å²) in [5, 5.41) is 2.43. The number of alkyl halides is 3. The standard InChI is InChI=1S/C31H32F3N7O3/c1-4-44-21-13-17(29(43)38-23-14-19(9-10-36-23)31(32,33)34)5-7-20(21)25-26-27(35)37-11-12-40(26)28(39-25)18-6-8-22-30(2,3)15-24(42)41(22)16-18/h5,7,9-14,18,22H,4,6,8,15-16H2,1-3H3,(H2,35,37)(H,36,38,43). The summed E-state index contributed by atoms with van der Waals surface area (Å²) in [6, 6.07) is 6.51. The van der Waals surface area contributed by atoms with Gasteiger partial charge in [-0.1, -0.05) is 13.8 Å². The molecule has 13 heteroatoms. The fourth-order valence-electron chi connectivity index (χ4n) is 6.44. The van der Waals surface area contributed by atoms with Crippen LogP contribution in [0.25, 0.3) is 16.8 Å². The van der Waals surface area contributed by atoms with E-state index in [0.717, 1.165) is 37.0 Å². The van der Waals surface area contributed by atoms with E-state index in [-0.39, 0.29) is 47.1 Å². The summed E-state index contributed by atoms with van der Waals surface area (Å²) in [6.45, 7) is 6.90. The first kappa shape index (κ1) is 29.4. The minimum Gasteiger partial charge on any atom is -0.493 e. The van der Waals surface area contributed by atoms with Crippen molar-refractivity contribution in [2.45, 2.75) is 58.2 Å². The van der Waals surface area contributed by atoms with E-state index in [1.165, 1.54) is 12.1 Å². The minimum atomic E-state index is -4.57. The summed E-state index contributed by atoms with van der Waals surface area (Å²) < 4.78 is 47.3. The second-order valence-corrected chi connectivity index (χ2v) is 11.9. The molecule has 230 valence electrons. The van der Waals surface area contributed by atoms with Crippen LogP contribution in [0.1, 0.15) is 67.7 Å². The van der Waals surface area contributed by atoms with Crippen molar-refractivity contribution in [3.63, 3.8) is 0 Å². The number of carbonyl (C=O) groups excluding carboxylic acids is 2. The Balaban J connectivity index is 1.35. The fraction of sp³-hybridized carbons (Fsp3) is 0.387. The van der Waals surface area contributed by atoms with Crippen LogP contribution in [-0.2, 0) is 11.0 Å². The van der Waals surface area contributed by atoms with E-state index in [4.69, 9.17) is 15.5 Å². The number of carbonyl (C=O) groups is 2. The van der Waals surface area contributed by atoms with E-state index < -0.39 is 17.6 Å². The molecule has 2 atom stereocenters. The van der Waals surface area contributed by atoms with E-state index in [2.05, 4.69) is 29.1 Å². The van der Waals surface area contributed by atoms with Gasteiger partial charge in [0.1, 0.15) is 34.4 Å². The van der Waals surface area contributed by atoms with Gasteiger partial charge in [-0.15, -0.1) is 0 Å². The number of nitrogens with zero attached hydrogens (tertiary/aromatic N) is 5. The van der Waals surface area contributed by atoms with E-state index >= 15 is 0 Å². The van der Waals surface area contributed by atoms with E-state index in [0.29, 0.717) is 35.5 Å². The van der Waals surface area contributed by atoms with Gasteiger partial charge in [0.15, 0.2) is 0 Å². The Morgan fingerprint density at radius 2 is 1.95 bits per heavy atom. The molecule has 0 aliphatic carbocycles. The number of imidazole rings is 1. The molecule has 3 aromatic heterocycles. The quantitative estimate of drug-likeness (QED) is 0.294. The monoisotopic (exact) mass is 607 g/mol. The maximum Gasteiger partial charge on any atom is 0.416 e. The molecular weight excluding hydrogens is 575 g/mol. The fourth-order valence-corrected chi connectivity index (χ4v) is 6.44. The van der Waals surface area contributed by atoms with Crippen molar-refractivity contribution >= 4 is 29.0 Å². The van der Waals surface area contributed by atoms with E-state index in [9.17, 15) is 22.8 Å². The molecule has 0 spiro atoms. The first-order valence-electron chi connectivity index (χ1n) is 14.4. The number of piperidine rings is 1. The van der Waals surface area contributed by atoms with Gasteiger partial charge in [0.05, 0.1) is 12.2 Å². The van der Waals surface area contributed by atoms with Crippen molar-refractivity contribution in [3.8, 4) is 17.0 Å². The second kappa shape index (κ2) is 10.8. The molecule has 44 heavy (non-hydrogen) atoms. The number of halogens is 3. The Hall–Kier alpha value is -4.68. The highest BCUT2D eigenvalue weighted by Gasteiger charge is 2.48. The highest BCUT2D eigenvalue weighted by atomic mass is 19.4. The Kier molecular flexibility index (Phi) is 7.21. The minimum absolute atomic E-state index is 0.0345. The van der Waals surface area contributed by atoms with Crippen LogP contribution in [0.4, 0.5) is 24.8 Å². The number of pyridine rings is 1. The van der Waals surface area contributed by atoms with Crippen LogP contribution in [0.2, 0.25) is 0 Å². The first-order chi connectivity index (χ1) is 20.9. The Labute approximate surface area is 251 Å². The molecule has 0 saturated carbocycles. The molecule has 4 aromatic rings. The van der Waals surface area contributed by atoms with Gasteiger partial charge in [0, 0.05) is 54.6 Å². The molecule has 5 heterocycles. The van der Waals surface area contributed by atoms with Crippen LogP contribution >= 0.6 is 0 Å². The number of amides is 2. The number of hydrogen-bond acceptors (Lipinski definition) is 7. The summed E-state index contributed by atoms with van der Waals surface area (Å²) in [7, 11) is 0. The number of nitrogens with one attached hydrogen (secondary N) is 1. The van der Waals surface area contributed by atoms with Gasteiger partial charge in [-0.05, 0) is 55.5 Å². The summed E-state index contributed by atoms with van der Waals surface area (Å²) >= 11 is 0. The first-order valence-corrected chi connectivity index (χ1v) is 14.4. The summed E-state index contributed by atoms with van der Waals surface area (Å²) in [5.74, 6) is 0.577. The number of hydrogen-bond donors (Lipinski definition) is 2. The van der Waals surface area contributed by atoms with Crippen LogP contribution in [0.15, 0.2) is 48.9 Å². The number of nitrogens with two attached hydrogens (primary N) is 1. The average molecular weight is 608 g/mol. The number of aromatic nitrogens is 4. The third-order valence-corrected chi connectivity index (χ3v) is 8.51. The van der Waals surface area contributed by atoms with E-state index in [1.54, 1.807) is 25.4 Å². The predicted molar refractivity (Wildman–Crippen MR) is 157 cm³/mol. The van der Waals surface area contributed by atoms with Crippen LogP contribution in [0.5, 0.6) is 5.75 Å². The topological polar surface area (TPSA) is 128 Å². The highest BCUT2D eigenvalue weighted by molar-refractivity contribution is 6.04. The highest BCUT2D eigenvalue weighted by Crippen LogP contribution is 2.46. The van der Waals surface area contributed by atoms with Crippen molar-refractivity contribution in [1.82, 2.24) is 24.3 Å². The number of nitrogen functional groups attached to an aromatic ring is 1. The zero-order chi connectivity index (χ0) is 31.4. The molecule has 2 saturated heterocycles. The third-order valence-electron chi connectivity index (χ3n) is 8.51. The normalized spacial score (nSPS) is 19.7. The predicted octanol–water partition coefficient (Wildman–Crippen LogP) is 5.55. The van der Waals surface area contributed by atoms with Crippen molar-refractivity contribution in [3.05, 3.63) is 65.9 Å². The summed E-state index contributed by atoms with van der Waals surface area (Å²) in [6.07, 6.45) is 2.04.